The zero-order valence-electron chi connectivity index (χ0n) is 14.1. The molecule has 1 amide bonds. The van der Waals surface area contributed by atoms with Crippen LogP contribution in [0.15, 0.2) is 24.3 Å². The fourth-order valence-corrected chi connectivity index (χ4v) is 2.79. The highest BCUT2D eigenvalue weighted by atomic mass is 19.1. The number of nitrogens with one attached hydrogen (secondary N) is 2. The van der Waals surface area contributed by atoms with E-state index in [0.29, 0.717) is 12.2 Å². The van der Waals surface area contributed by atoms with Gasteiger partial charge < -0.3 is 30.2 Å². The maximum atomic E-state index is 12.8. The van der Waals surface area contributed by atoms with E-state index in [4.69, 9.17) is 4.74 Å². The maximum absolute atomic E-state index is 12.8. The van der Waals surface area contributed by atoms with Crippen molar-refractivity contribution in [3.8, 4) is 0 Å². The summed E-state index contributed by atoms with van der Waals surface area (Å²) in [5.41, 5.74) is 0.430. The van der Waals surface area contributed by atoms with Crippen LogP contribution in [-0.2, 0) is 14.3 Å². The Kier molecular flexibility index (Phi) is 7.77. The molecule has 0 bridgehead atoms. The van der Waals surface area contributed by atoms with Gasteiger partial charge in [-0.3, -0.25) is 4.79 Å². The summed E-state index contributed by atoms with van der Waals surface area (Å²) in [7, 11) is 0. The molecule has 4 N–H and O–H groups in total. The summed E-state index contributed by atoms with van der Waals surface area (Å²) < 4.78 is 18.1. The van der Waals surface area contributed by atoms with Gasteiger partial charge in [-0.1, -0.05) is 0 Å². The first-order chi connectivity index (χ1) is 12.0. The topological polar surface area (TPSA) is 99.5 Å². The first-order valence-corrected chi connectivity index (χ1v) is 8.55. The lowest BCUT2D eigenvalue weighted by atomic mass is 10.2. The van der Waals surface area contributed by atoms with Gasteiger partial charge in [-0.25, -0.2) is 4.39 Å². The molecule has 0 radical (unpaired) electrons. The number of morpholine rings is 1. The van der Waals surface area contributed by atoms with E-state index in [2.05, 4.69) is 5.32 Å². The van der Waals surface area contributed by atoms with Gasteiger partial charge in [-0.15, -0.1) is 0 Å². The summed E-state index contributed by atoms with van der Waals surface area (Å²) in [6, 6.07) is 4.38. The normalized spacial score (nSPS) is 16.4. The van der Waals surface area contributed by atoms with Gasteiger partial charge in [0.05, 0.1) is 38.7 Å². The second-order valence-corrected chi connectivity index (χ2v) is 6.18. The van der Waals surface area contributed by atoms with E-state index in [1.165, 1.54) is 29.2 Å². The van der Waals surface area contributed by atoms with Gasteiger partial charge in [0, 0.05) is 12.1 Å². The average Bonchev–Trinajstić information content (AvgIpc) is 2.60. The minimum atomic E-state index is -1.26. The minimum Gasteiger partial charge on any atom is -0.544 e. The van der Waals surface area contributed by atoms with Crippen molar-refractivity contribution in [1.29, 1.82) is 0 Å². The number of halogens is 1. The van der Waals surface area contributed by atoms with Gasteiger partial charge in [-0.05, 0) is 24.3 Å². The van der Waals surface area contributed by atoms with Crippen LogP contribution in [0.1, 0.15) is 12.8 Å². The third-order valence-corrected chi connectivity index (χ3v) is 4.22. The number of aliphatic carboxylic acids is 1. The molecule has 0 saturated carbocycles. The van der Waals surface area contributed by atoms with E-state index in [-0.39, 0.29) is 6.42 Å². The summed E-state index contributed by atoms with van der Waals surface area (Å²) in [5, 5.41) is 15.4. The Morgan fingerprint density at radius 1 is 1.28 bits per heavy atom. The Hall–Kier alpha value is -2.03. The lowest BCUT2D eigenvalue weighted by Crippen LogP contribution is -3.14. The van der Waals surface area contributed by atoms with Crippen molar-refractivity contribution in [2.75, 3.05) is 44.7 Å². The summed E-state index contributed by atoms with van der Waals surface area (Å²) >= 11 is 0. The molecule has 8 heteroatoms. The van der Waals surface area contributed by atoms with Crippen LogP contribution in [0.2, 0.25) is 0 Å². The molecule has 1 aromatic rings. The Morgan fingerprint density at radius 3 is 2.60 bits per heavy atom. The Labute approximate surface area is 146 Å². The number of quaternary nitrogens is 2. The Balaban J connectivity index is 1.70. The van der Waals surface area contributed by atoms with Gasteiger partial charge >= 0.3 is 0 Å². The van der Waals surface area contributed by atoms with Crippen molar-refractivity contribution >= 4 is 17.6 Å². The smallest absolute Gasteiger partial charge is 0.230 e. The molecule has 138 valence electrons. The molecular weight excluding hydrogens is 329 g/mol. The van der Waals surface area contributed by atoms with Crippen molar-refractivity contribution in [3.63, 3.8) is 0 Å². The quantitative estimate of drug-likeness (QED) is 0.416. The summed E-state index contributed by atoms with van der Waals surface area (Å²) in [5.74, 6) is -2.09. The number of carboxylic acids is 1. The molecule has 1 fully saturated rings. The number of amides is 1. The second kappa shape index (κ2) is 10.1. The predicted molar refractivity (Wildman–Crippen MR) is 86.2 cm³/mol. The number of benzene rings is 1. The van der Waals surface area contributed by atoms with Gasteiger partial charge in [0.25, 0.3) is 0 Å². The van der Waals surface area contributed by atoms with Crippen LogP contribution in [0, 0.1) is 5.82 Å². The summed E-state index contributed by atoms with van der Waals surface area (Å²) in [6.45, 7) is 5.07. The predicted octanol–water partition coefficient (Wildman–Crippen LogP) is -2.86. The van der Waals surface area contributed by atoms with Crippen molar-refractivity contribution in [2.45, 2.75) is 18.9 Å². The fraction of sp³-hybridized carbons (Fsp3) is 0.529. The molecule has 1 atom stereocenters. The molecule has 0 aliphatic carbocycles. The number of hydrogen-bond donors (Lipinski definition) is 3. The van der Waals surface area contributed by atoms with Crippen molar-refractivity contribution < 1.29 is 34.0 Å². The molecule has 25 heavy (non-hydrogen) atoms. The molecule has 1 aliphatic rings. The van der Waals surface area contributed by atoms with Gasteiger partial charge in [0.1, 0.15) is 24.9 Å². The van der Waals surface area contributed by atoms with Crippen LogP contribution in [0.25, 0.3) is 0 Å². The Morgan fingerprint density at radius 2 is 1.96 bits per heavy atom. The van der Waals surface area contributed by atoms with Crippen molar-refractivity contribution in [2.24, 2.45) is 0 Å². The van der Waals surface area contributed by atoms with Gasteiger partial charge in [0.2, 0.25) is 5.91 Å². The number of carboxylic acid groups (broad SMARTS) is 1. The third kappa shape index (κ3) is 7.16. The molecule has 1 heterocycles. The highest BCUT2D eigenvalue weighted by molar-refractivity contribution is 5.93. The monoisotopic (exact) mass is 354 g/mol. The van der Waals surface area contributed by atoms with Crippen LogP contribution in [0.3, 0.4) is 0 Å². The van der Waals surface area contributed by atoms with E-state index in [0.717, 1.165) is 39.3 Å². The van der Waals surface area contributed by atoms with Crippen LogP contribution < -0.4 is 20.6 Å². The minimum absolute atomic E-state index is 0.190. The number of anilines is 1. The van der Waals surface area contributed by atoms with Crippen LogP contribution in [0.5, 0.6) is 0 Å². The van der Waals surface area contributed by atoms with Gasteiger partial charge in [0.15, 0.2) is 0 Å². The zero-order valence-corrected chi connectivity index (χ0v) is 14.1. The zero-order chi connectivity index (χ0) is 18.1. The number of carbonyl (C=O) groups excluding carboxylic acids is 2. The summed E-state index contributed by atoms with van der Waals surface area (Å²) in [4.78, 5) is 24.6. The van der Waals surface area contributed by atoms with E-state index < -0.39 is 23.7 Å². The van der Waals surface area contributed by atoms with E-state index in [9.17, 15) is 19.1 Å². The average molecular weight is 354 g/mol. The van der Waals surface area contributed by atoms with Crippen molar-refractivity contribution in [1.82, 2.24) is 0 Å². The Bertz CT molecular complexity index is 562. The SMILES string of the molecule is O=C(C[C@H]([NH2+]CCC[NH+]1CCOCC1)C(=O)[O-])Nc1ccc(F)cc1. The molecule has 2 rings (SSSR count). The second-order valence-electron chi connectivity index (χ2n) is 6.18. The molecule has 0 aromatic heterocycles. The molecule has 0 spiro atoms. The highest BCUT2D eigenvalue weighted by Crippen LogP contribution is 2.08. The van der Waals surface area contributed by atoms with Crippen LogP contribution in [0.4, 0.5) is 10.1 Å². The van der Waals surface area contributed by atoms with E-state index in [1.54, 1.807) is 5.32 Å². The van der Waals surface area contributed by atoms with E-state index in [1.807, 2.05) is 0 Å². The van der Waals surface area contributed by atoms with Crippen LogP contribution in [-0.4, -0.2) is 57.3 Å². The van der Waals surface area contributed by atoms with Gasteiger partial charge in [-0.2, -0.15) is 0 Å². The molecular formula is C17H25FN3O4+. The number of hydrogen-bond acceptors (Lipinski definition) is 4. The number of nitrogens with two attached hydrogens (primary N) is 1. The summed E-state index contributed by atoms with van der Waals surface area (Å²) in [6.07, 6.45) is 0.669. The first-order valence-electron chi connectivity index (χ1n) is 8.55. The lowest BCUT2D eigenvalue weighted by Gasteiger charge is -2.23. The van der Waals surface area contributed by atoms with E-state index >= 15 is 0 Å². The molecule has 7 nitrogen and oxygen atoms in total. The standard InChI is InChI=1S/C17H24FN3O4/c18-13-2-4-14(5-3-13)20-16(22)12-15(17(23)24)19-6-1-7-21-8-10-25-11-9-21/h2-5,15,19H,1,6-12H2,(H,20,22)(H,23,24)/p+1/t15-/m0/s1. The number of carbonyl (C=O) groups is 2. The fourth-order valence-electron chi connectivity index (χ4n) is 2.79. The van der Waals surface area contributed by atoms with Crippen molar-refractivity contribution in [3.05, 3.63) is 30.1 Å². The lowest BCUT2D eigenvalue weighted by molar-refractivity contribution is -0.909. The molecule has 1 saturated heterocycles. The first kappa shape index (κ1) is 19.3. The molecule has 0 unspecified atom stereocenters. The third-order valence-electron chi connectivity index (χ3n) is 4.22. The highest BCUT2D eigenvalue weighted by Gasteiger charge is 2.19. The maximum Gasteiger partial charge on any atom is 0.230 e. The number of rotatable bonds is 9. The molecule has 1 aromatic carbocycles. The number of ether oxygens (including phenoxy) is 1. The largest absolute Gasteiger partial charge is 0.544 e. The van der Waals surface area contributed by atoms with Crippen LogP contribution >= 0.6 is 0 Å². The molecule has 1 aliphatic heterocycles.